The van der Waals surface area contributed by atoms with Crippen molar-refractivity contribution >= 4 is 23.6 Å². The molecule has 0 saturated carbocycles. The van der Waals surface area contributed by atoms with Crippen molar-refractivity contribution < 1.29 is 19.4 Å². The first kappa shape index (κ1) is 19.9. The average Bonchev–Trinajstić information content (AvgIpc) is 2.57. The molecule has 138 valence electrons. The van der Waals surface area contributed by atoms with Gasteiger partial charge in [0.05, 0.1) is 0 Å². The maximum atomic E-state index is 10.7. The number of benzene rings is 2. The first-order valence-corrected chi connectivity index (χ1v) is 8.70. The molecular weight excluding hydrogens is 352 g/mol. The van der Waals surface area contributed by atoms with Crippen LogP contribution < -0.4 is 9.47 Å². The second-order valence-corrected chi connectivity index (χ2v) is 7.26. The van der Waals surface area contributed by atoms with Crippen molar-refractivity contribution in [3.63, 3.8) is 0 Å². The molecule has 4 nitrogen and oxygen atoms in total. The lowest BCUT2D eigenvalue weighted by Crippen LogP contribution is -2.12. The van der Waals surface area contributed by atoms with Crippen molar-refractivity contribution in [2.24, 2.45) is 0 Å². The number of hydrogen-bond donors (Lipinski definition) is 1. The fourth-order valence-corrected chi connectivity index (χ4v) is 2.48. The number of aliphatic carboxylic acids is 1. The quantitative estimate of drug-likeness (QED) is 0.535. The van der Waals surface area contributed by atoms with Crippen LogP contribution >= 0.6 is 11.6 Å². The van der Waals surface area contributed by atoms with Crippen LogP contribution in [-0.2, 0) is 10.2 Å². The summed E-state index contributed by atoms with van der Waals surface area (Å²) < 4.78 is 11.4. The summed E-state index contributed by atoms with van der Waals surface area (Å²) in [6.07, 6.45) is 2.50. The molecule has 2 rings (SSSR count). The Hall–Kier alpha value is -2.46. The van der Waals surface area contributed by atoms with Crippen molar-refractivity contribution in [1.82, 2.24) is 0 Å². The van der Waals surface area contributed by atoms with Gasteiger partial charge in [0.25, 0.3) is 0 Å². The van der Waals surface area contributed by atoms with Gasteiger partial charge in [-0.05, 0) is 47.4 Å². The Morgan fingerprint density at radius 3 is 2.35 bits per heavy atom. The van der Waals surface area contributed by atoms with Gasteiger partial charge in [-0.3, -0.25) is 0 Å². The zero-order valence-electron chi connectivity index (χ0n) is 15.2. The Bertz CT molecular complexity index is 774. The number of hydrogen-bond acceptors (Lipinski definition) is 3. The van der Waals surface area contributed by atoms with Crippen LogP contribution in [0.25, 0.3) is 6.08 Å². The van der Waals surface area contributed by atoms with E-state index in [1.807, 2.05) is 12.1 Å². The Morgan fingerprint density at radius 2 is 1.73 bits per heavy atom. The molecule has 0 saturated heterocycles. The van der Waals surface area contributed by atoms with E-state index in [-0.39, 0.29) is 5.41 Å². The molecule has 0 heterocycles. The smallest absolute Gasteiger partial charge is 0.328 e. The molecule has 0 unspecified atom stereocenters. The first-order valence-electron chi connectivity index (χ1n) is 8.32. The van der Waals surface area contributed by atoms with E-state index in [1.54, 1.807) is 18.2 Å². The fourth-order valence-electron chi connectivity index (χ4n) is 2.30. The van der Waals surface area contributed by atoms with Crippen molar-refractivity contribution in [3.8, 4) is 11.5 Å². The molecule has 1 N–H and O–H groups in total. The monoisotopic (exact) mass is 374 g/mol. The molecule has 2 aromatic rings. The molecule has 0 aromatic heterocycles. The van der Waals surface area contributed by atoms with E-state index in [9.17, 15) is 4.79 Å². The summed E-state index contributed by atoms with van der Waals surface area (Å²) in [5.74, 6) is 0.306. The van der Waals surface area contributed by atoms with Crippen LogP contribution in [0.4, 0.5) is 0 Å². The molecule has 0 aliphatic rings. The zero-order chi connectivity index (χ0) is 19.2. The Balaban J connectivity index is 1.91. The van der Waals surface area contributed by atoms with E-state index in [0.29, 0.717) is 29.5 Å². The number of carboxylic acid groups (broad SMARTS) is 1. The van der Waals surface area contributed by atoms with Crippen molar-refractivity contribution in [2.45, 2.75) is 26.2 Å². The Kier molecular flexibility index (Phi) is 6.70. The summed E-state index contributed by atoms with van der Waals surface area (Å²) in [6, 6.07) is 13.1. The molecule has 5 heteroatoms. The lowest BCUT2D eigenvalue weighted by molar-refractivity contribution is -0.131. The number of halogens is 1. The van der Waals surface area contributed by atoms with E-state index >= 15 is 0 Å². The van der Waals surface area contributed by atoms with Crippen LogP contribution in [0.5, 0.6) is 11.5 Å². The Labute approximate surface area is 159 Å². The molecule has 2 aromatic carbocycles. The summed E-state index contributed by atoms with van der Waals surface area (Å²) in [6.45, 7) is 7.20. The third-order valence-electron chi connectivity index (χ3n) is 3.71. The van der Waals surface area contributed by atoms with Crippen LogP contribution in [-0.4, -0.2) is 24.3 Å². The molecule has 0 bridgehead atoms. The van der Waals surface area contributed by atoms with Crippen molar-refractivity contribution in [2.75, 3.05) is 13.2 Å². The van der Waals surface area contributed by atoms with Crippen LogP contribution in [0.1, 0.15) is 31.9 Å². The summed E-state index contributed by atoms with van der Waals surface area (Å²) in [4.78, 5) is 10.7. The standard InChI is InChI=1S/C21H23ClO4/c1-21(2,3)16-5-8-18(9-6-16)25-12-13-26-19-10-7-17(22)14-15(19)4-11-20(23)24/h4-11,14H,12-13H2,1-3H3,(H,23,24). The van der Waals surface area contributed by atoms with Gasteiger partial charge in [-0.25, -0.2) is 4.79 Å². The molecule has 26 heavy (non-hydrogen) atoms. The van der Waals surface area contributed by atoms with E-state index in [4.69, 9.17) is 26.2 Å². The highest BCUT2D eigenvalue weighted by Gasteiger charge is 2.12. The highest BCUT2D eigenvalue weighted by atomic mass is 35.5. The van der Waals surface area contributed by atoms with Gasteiger partial charge in [-0.15, -0.1) is 0 Å². The normalized spacial score (nSPS) is 11.5. The predicted octanol–water partition coefficient (Wildman–Crippen LogP) is 5.19. The van der Waals surface area contributed by atoms with Crippen LogP contribution in [0, 0.1) is 0 Å². The number of carboxylic acids is 1. The maximum absolute atomic E-state index is 10.7. The van der Waals surface area contributed by atoms with Crippen LogP contribution in [0.15, 0.2) is 48.5 Å². The average molecular weight is 375 g/mol. The lowest BCUT2D eigenvalue weighted by Gasteiger charge is -2.19. The minimum Gasteiger partial charge on any atom is -0.490 e. The fraction of sp³-hybridized carbons (Fsp3) is 0.286. The number of ether oxygens (including phenoxy) is 2. The molecule has 0 aliphatic carbocycles. The lowest BCUT2D eigenvalue weighted by atomic mass is 9.87. The minimum absolute atomic E-state index is 0.107. The largest absolute Gasteiger partial charge is 0.490 e. The van der Waals surface area contributed by atoms with Crippen molar-refractivity contribution in [1.29, 1.82) is 0 Å². The van der Waals surface area contributed by atoms with Gasteiger partial charge in [0.15, 0.2) is 0 Å². The van der Waals surface area contributed by atoms with Gasteiger partial charge in [-0.1, -0.05) is 44.5 Å². The van der Waals surface area contributed by atoms with Gasteiger partial charge >= 0.3 is 5.97 Å². The maximum Gasteiger partial charge on any atom is 0.328 e. The third-order valence-corrected chi connectivity index (χ3v) is 3.94. The number of carbonyl (C=O) groups is 1. The summed E-state index contributed by atoms with van der Waals surface area (Å²) in [7, 11) is 0. The van der Waals surface area contributed by atoms with Gasteiger partial charge in [0, 0.05) is 16.7 Å². The van der Waals surface area contributed by atoms with Gasteiger partial charge in [-0.2, -0.15) is 0 Å². The summed E-state index contributed by atoms with van der Waals surface area (Å²) >= 11 is 5.96. The highest BCUT2D eigenvalue weighted by molar-refractivity contribution is 6.30. The molecule has 0 aliphatic heterocycles. The number of rotatable bonds is 7. The van der Waals surface area contributed by atoms with Gasteiger partial charge in [0.1, 0.15) is 24.7 Å². The zero-order valence-corrected chi connectivity index (χ0v) is 15.9. The predicted molar refractivity (Wildman–Crippen MR) is 104 cm³/mol. The van der Waals surface area contributed by atoms with E-state index in [0.717, 1.165) is 11.8 Å². The molecule has 0 atom stereocenters. The van der Waals surface area contributed by atoms with Crippen LogP contribution in [0.2, 0.25) is 5.02 Å². The second-order valence-electron chi connectivity index (χ2n) is 6.83. The molecular formula is C21H23ClO4. The summed E-state index contributed by atoms with van der Waals surface area (Å²) in [5, 5.41) is 9.28. The second kappa shape index (κ2) is 8.77. The van der Waals surface area contributed by atoms with E-state index < -0.39 is 5.97 Å². The Morgan fingerprint density at radius 1 is 1.08 bits per heavy atom. The molecule has 0 amide bonds. The molecule has 0 spiro atoms. The van der Waals surface area contributed by atoms with Gasteiger partial charge < -0.3 is 14.6 Å². The third kappa shape index (κ3) is 6.12. The molecule has 0 radical (unpaired) electrons. The SMILES string of the molecule is CC(C)(C)c1ccc(OCCOc2ccc(Cl)cc2C=CC(=O)O)cc1. The highest BCUT2D eigenvalue weighted by Crippen LogP contribution is 2.25. The van der Waals surface area contributed by atoms with E-state index in [2.05, 4.69) is 32.9 Å². The molecule has 0 fully saturated rings. The van der Waals surface area contributed by atoms with E-state index in [1.165, 1.54) is 11.6 Å². The first-order chi connectivity index (χ1) is 12.3. The topological polar surface area (TPSA) is 55.8 Å². The minimum atomic E-state index is -1.03. The van der Waals surface area contributed by atoms with Gasteiger partial charge in [0.2, 0.25) is 0 Å². The van der Waals surface area contributed by atoms with Crippen molar-refractivity contribution in [3.05, 3.63) is 64.7 Å². The van der Waals surface area contributed by atoms with Crippen LogP contribution in [0.3, 0.4) is 0 Å². The summed E-state index contributed by atoms with van der Waals surface area (Å²) in [5.41, 5.74) is 1.96.